The van der Waals surface area contributed by atoms with Gasteiger partial charge < -0.3 is 24.7 Å². The van der Waals surface area contributed by atoms with E-state index in [0.717, 1.165) is 15.3 Å². The quantitative estimate of drug-likeness (QED) is 0.578. The molecule has 1 aromatic carbocycles. The second-order valence-electron chi connectivity index (χ2n) is 8.69. The average molecular weight is 483 g/mol. The molecule has 0 radical (unpaired) electrons. The van der Waals surface area contributed by atoms with Crippen molar-refractivity contribution in [3.8, 4) is 11.5 Å². The van der Waals surface area contributed by atoms with E-state index in [0.29, 0.717) is 60.7 Å². The lowest BCUT2D eigenvalue weighted by atomic mass is 9.95. The molecule has 4 heterocycles. The smallest absolute Gasteiger partial charge is 0.259 e. The molecule has 2 N–H and O–H groups in total. The van der Waals surface area contributed by atoms with Crippen LogP contribution < -0.4 is 20.3 Å². The maximum Gasteiger partial charge on any atom is 0.259 e. The van der Waals surface area contributed by atoms with Gasteiger partial charge in [-0.2, -0.15) is 0 Å². The van der Waals surface area contributed by atoms with Crippen molar-refractivity contribution in [3.63, 3.8) is 0 Å². The van der Waals surface area contributed by atoms with Crippen LogP contribution in [-0.4, -0.2) is 46.6 Å². The fourth-order valence-electron chi connectivity index (χ4n) is 4.41. The predicted octanol–water partition coefficient (Wildman–Crippen LogP) is 3.14. The van der Waals surface area contributed by atoms with Crippen LogP contribution in [-0.2, 0) is 16.0 Å². The number of hydrogen-bond donors (Lipinski definition) is 2. The monoisotopic (exact) mass is 482 g/mol. The summed E-state index contributed by atoms with van der Waals surface area (Å²) in [7, 11) is 0. The van der Waals surface area contributed by atoms with Crippen LogP contribution in [0.5, 0.6) is 11.5 Å². The summed E-state index contributed by atoms with van der Waals surface area (Å²) in [4.78, 5) is 48.8. The first-order valence-corrected chi connectivity index (χ1v) is 12.2. The molecule has 0 bridgehead atoms. The molecule has 178 valence electrons. The largest absolute Gasteiger partial charge is 0.454 e. The number of piperidine rings is 1. The summed E-state index contributed by atoms with van der Waals surface area (Å²) in [5, 5.41) is 3.58. The van der Waals surface area contributed by atoms with E-state index in [1.165, 1.54) is 11.3 Å². The first-order valence-electron chi connectivity index (χ1n) is 11.4. The number of aromatic amines is 1. The van der Waals surface area contributed by atoms with Gasteiger partial charge in [-0.15, -0.1) is 11.3 Å². The number of ether oxygens (including phenoxy) is 2. The number of fused-ring (bicyclic) bond motifs is 2. The van der Waals surface area contributed by atoms with Gasteiger partial charge in [0.2, 0.25) is 18.6 Å². The third-order valence-corrected chi connectivity index (χ3v) is 7.62. The number of thiophene rings is 1. The number of hydrogen-bond acceptors (Lipinski definition) is 7. The molecule has 34 heavy (non-hydrogen) atoms. The van der Waals surface area contributed by atoms with E-state index in [1.54, 1.807) is 23.1 Å². The fraction of sp³-hybridized carbons (Fsp3) is 0.417. The molecule has 2 aliphatic heterocycles. The van der Waals surface area contributed by atoms with Crippen LogP contribution >= 0.6 is 11.3 Å². The maximum absolute atomic E-state index is 12.7. The molecule has 0 atom stereocenters. The van der Waals surface area contributed by atoms with Gasteiger partial charge in [-0.05, 0) is 44.4 Å². The van der Waals surface area contributed by atoms with Gasteiger partial charge in [-0.1, -0.05) is 0 Å². The van der Waals surface area contributed by atoms with Crippen LogP contribution in [0.1, 0.15) is 35.5 Å². The molecular formula is C24H26N4O5S. The van der Waals surface area contributed by atoms with E-state index >= 15 is 0 Å². The van der Waals surface area contributed by atoms with E-state index in [4.69, 9.17) is 9.47 Å². The minimum atomic E-state index is -0.153. The molecule has 1 saturated heterocycles. The summed E-state index contributed by atoms with van der Waals surface area (Å²) in [6, 6.07) is 5.33. The summed E-state index contributed by atoms with van der Waals surface area (Å²) in [6.07, 6.45) is 1.87. The molecule has 0 spiro atoms. The zero-order chi connectivity index (χ0) is 23.8. The lowest BCUT2D eigenvalue weighted by molar-refractivity contribution is -0.134. The number of H-pyrrole nitrogens is 1. The van der Waals surface area contributed by atoms with Gasteiger partial charge in [-0.25, -0.2) is 4.98 Å². The van der Waals surface area contributed by atoms with Crippen molar-refractivity contribution in [2.75, 3.05) is 25.2 Å². The number of nitrogens with zero attached hydrogens (tertiary/aromatic N) is 2. The van der Waals surface area contributed by atoms with Crippen molar-refractivity contribution >= 4 is 39.1 Å². The Bertz CT molecular complexity index is 1320. The van der Waals surface area contributed by atoms with Gasteiger partial charge in [0.05, 0.1) is 5.39 Å². The Morgan fingerprint density at radius 2 is 1.97 bits per heavy atom. The molecular weight excluding hydrogens is 456 g/mol. The summed E-state index contributed by atoms with van der Waals surface area (Å²) < 4.78 is 10.6. The van der Waals surface area contributed by atoms with Gasteiger partial charge in [0, 0.05) is 48.5 Å². The lowest BCUT2D eigenvalue weighted by Gasteiger charge is -2.31. The van der Waals surface area contributed by atoms with E-state index in [1.807, 2.05) is 13.8 Å². The van der Waals surface area contributed by atoms with E-state index in [-0.39, 0.29) is 36.5 Å². The van der Waals surface area contributed by atoms with E-state index in [9.17, 15) is 14.4 Å². The van der Waals surface area contributed by atoms with Crippen LogP contribution in [0.4, 0.5) is 5.69 Å². The Morgan fingerprint density at radius 1 is 1.21 bits per heavy atom. The minimum Gasteiger partial charge on any atom is -0.454 e. The molecule has 5 rings (SSSR count). The molecule has 2 amide bonds. The first-order chi connectivity index (χ1) is 16.4. The summed E-state index contributed by atoms with van der Waals surface area (Å²) in [5.41, 5.74) is 1.48. The first kappa shape index (κ1) is 22.4. The Balaban J connectivity index is 1.13. The number of aryl methyl sites for hydroxylation is 3. The minimum absolute atomic E-state index is 0.0101. The van der Waals surface area contributed by atoms with Crippen molar-refractivity contribution in [1.82, 2.24) is 14.9 Å². The number of carbonyl (C=O) groups excluding carboxylic acids is 2. The third-order valence-electron chi connectivity index (χ3n) is 6.52. The summed E-state index contributed by atoms with van der Waals surface area (Å²) in [6.45, 7) is 5.15. The molecule has 10 heteroatoms. The zero-order valence-electron chi connectivity index (χ0n) is 19.1. The Kier molecular flexibility index (Phi) is 5.99. The van der Waals surface area contributed by atoms with E-state index in [2.05, 4.69) is 15.3 Å². The molecule has 0 saturated carbocycles. The van der Waals surface area contributed by atoms with E-state index < -0.39 is 0 Å². The third kappa shape index (κ3) is 4.37. The number of likely N-dealkylation sites (tertiary alicyclic amines) is 1. The number of nitrogens with one attached hydrogen (secondary N) is 2. The predicted molar refractivity (Wildman–Crippen MR) is 129 cm³/mol. The van der Waals surface area contributed by atoms with Gasteiger partial charge in [0.25, 0.3) is 5.56 Å². The highest BCUT2D eigenvalue weighted by Crippen LogP contribution is 2.34. The molecule has 3 aromatic rings. The molecule has 9 nitrogen and oxygen atoms in total. The number of carbonyl (C=O) groups is 2. The highest BCUT2D eigenvalue weighted by Gasteiger charge is 2.28. The fourth-order valence-corrected chi connectivity index (χ4v) is 5.46. The number of aromatic nitrogens is 2. The van der Waals surface area contributed by atoms with Crippen molar-refractivity contribution in [3.05, 3.63) is 44.8 Å². The molecule has 0 unspecified atom stereocenters. The zero-order valence-corrected chi connectivity index (χ0v) is 19.9. The van der Waals surface area contributed by atoms with Gasteiger partial charge in [0.1, 0.15) is 10.7 Å². The lowest BCUT2D eigenvalue weighted by Crippen LogP contribution is -2.41. The van der Waals surface area contributed by atoms with Crippen LogP contribution in [0.3, 0.4) is 0 Å². The van der Waals surface area contributed by atoms with Gasteiger partial charge >= 0.3 is 0 Å². The highest BCUT2D eigenvalue weighted by atomic mass is 32.1. The normalized spacial score (nSPS) is 15.6. The number of rotatable bonds is 5. The Morgan fingerprint density at radius 3 is 2.76 bits per heavy atom. The number of anilines is 1. The van der Waals surface area contributed by atoms with Crippen molar-refractivity contribution < 1.29 is 19.1 Å². The second-order valence-corrected chi connectivity index (χ2v) is 9.89. The van der Waals surface area contributed by atoms with Gasteiger partial charge in [-0.3, -0.25) is 14.4 Å². The maximum atomic E-state index is 12.7. The second kappa shape index (κ2) is 9.09. The van der Waals surface area contributed by atoms with Crippen molar-refractivity contribution in [2.24, 2.45) is 5.92 Å². The highest BCUT2D eigenvalue weighted by molar-refractivity contribution is 7.18. The summed E-state index contributed by atoms with van der Waals surface area (Å²) in [5.74, 6) is 1.63. The molecule has 1 fully saturated rings. The molecule has 2 aromatic heterocycles. The standard InChI is InChI=1S/C24H26N4O5S/c1-13-14(2)34-24-21(13)23(31)26-19(27-24)5-6-20(29)28-9-7-15(8-10-28)22(30)25-16-3-4-17-18(11-16)33-12-32-17/h3-4,11,15H,5-10,12H2,1-2H3,(H,25,30)(H,26,27,31). The van der Waals surface area contributed by atoms with Crippen LogP contribution in [0.2, 0.25) is 0 Å². The average Bonchev–Trinajstić information content (AvgIpc) is 3.41. The summed E-state index contributed by atoms with van der Waals surface area (Å²) >= 11 is 1.50. The van der Waals surface area contributed by atoms with Crippen molar-refractivity contribution in [1.29, 1.82) is 0 Å². The topological polar surface area (TPSA) is 114 Å². The molecule has 0 aliphatic carbocycles. The number of amides is 2. The van der Waals surface area contributed by atoms with Crippen molar-refractivity contribution in [2.45, 2.75) is 39.5 Å². The van der Waals surface area contributed by atoms with Crippen LogP contribution in [0, 0.1) is 19.8 Å². The molecule has 2 aliphatic rings. The number of benzene rings is 1. The Hall–Kier alpha value is -3.40. The Labute approximate surface area is 200 Å². The van der Waals surface area contributed by atoms with Crippen LogP contribution in [0.25, 0.3) is 10.2 Å². The SMILES string of the molecule is Cc1sc2nc(CCC(=O)N3CCC(C(=O)Nc4ccc5c(c4)OCO5)CC3)[nH]c(=O)c2c1C. The van der Waals surface area contributed by atoms with Crippen LogP contribution in [0.15, 0.2) is 23.0 Å². The van der Waals surface area contributed by atoms with Gasteiger partial charge in [0.15, 0.2) is 11.5 Å².